The Bertz CT molecular complexity index is 1880. The third-order valence-corrected chi connectivity index (χ3v) is 9.72. The van der Waals surface area contributed by atoms with Gasteiger partial charge in [0.1, 0.15) is 9.86 Å². The molecule has 0 spiro atoms. The molecule has 9 heteroatoms. The van der Waals surface area contributed by atoms with Crippen molar-refractivity contribution >= 4 is 61.1 Å². The van der Waals surface area contributed by atoms with Crippen LogP contribution in [0, 0.1) is 0 Å². The Labute approximate surface area is 223 Å². The van der Waals surface area contributed by atoms with Crippen molar-refractivity contribution in [3.63, 3.8) is 0 Å². The van der Waals surface area contributed by atoms with Crippen LogP contribution in [-0.2, 0) is 14.8 Å². The van der Waals surface area contributed by atoms with Gasteiger partial charge >= 0.3 is 0 Å². The Morgan fingerprint density at radius 3 is 2.45 bits per heavy atom. The number of nitrogens with zero attached hydrogens (tertiary/aromatic N) is 2. The lowest BCUT2D eigenvalue weighted by Crippen LogP contribution is -2.25. The van der Waals surface area contributed by atoms with Crippen LogP contribution in [0.5, 0.6) is 0 Å². The zero-order valence-corrected chi connectivity index (χ0v) is 21.9. The summed E-state index contributed by atoms with van der Waals surface area (Å²) in [6.45, 7) is 0. The van der Waals surface area contributed by atoms with Gasteiger partial charge in [-0.1, -0.05) is 48.5 Å². The van der Waals surface area contributed by atoms with Crippen molar-refractivity contribution in [1.82, 2.24) is 9.97 Å². The first-order valence-electron chi connectivity index (χ1n) is 11.8. The molecule has 188 valence electrons. The van der Waals surface area contributed by atoms with Gasteiger partial charge in [-0.2, -0.15) is 0 Å². The summed E-state index contributed by atoms with van der Waals surface area (Å²) in [5.41, 5.74) is 6.69. The van der Waals surface area contributed by atoms with Gasteiger partial charge in [0.2, 0.25) is 6.41 Å². The zero-order valence-electron chi connectivity index (χ0n) is 20.3. The molecule has 3 aromatic carbocycles. The molecule has 0 aliphatic heterocycles. The summed E-state index contributed by atoms with van der Waals surface area (Å²) in [7, 11) is -2.11. The number of hydrogen-bond donors (Lipinski definition) is 2. The number of aromatic nitrogens is 2. The van der Waals surface area contributed by atoms with E-state index in [0.717, 1.165) is 38.5 Å². The van der Waals surface area contributed by atoms with Gasteiger partial charge in [-0.05, 0) is 52.9 Å². The summed E-state index contributed by atoms with van der Waals surface area (Å²) in [6.07, 6.45) is 2.49. The molecule has 6 rings (SSSR count). The van der Waals surface area contributed by atoms with Crippen molar-refractivity contribution in [1.29, 1.82) is 0 Å². The van der Waals surface area contributed by atoms with Gasteiger partial charge in [-0.15, -0.1) is 11.3 Å². The fourth-order valence-electron chi connectivity index (χ4n) is 4.66. The number of fused-ring (bicyclic) bond motifs is 3. The summed E-state index contributed by atoms with van der Waals surface area (Å²) in [4.78, 5) is 19.0. The van der Waals surface area contributed by atoms with Gasteiger partial charge in [0, 0.05) is 46.3 Å². The van der Waals surface area contributed by atoms with Crippen molar-refractivity contribution in [2.45, 2.75) is 4.21 Å². The average molecular weight is 539 g/mol. The molecule has 0 radical (unpaired) electrons. The summed E-state index contributed by atoms with van der Waals surface area (Å²) in [5.74, 6) is 0. The quantitative estimate of drug-likeness (QED) is 0.227. The molecule has 38 heavy (non-hydrogen) atoms. The fraction of sp³-hybridized carbons (Fsp3) is 0.0345. The number of pyridine rings is 1. The second-order valence-corrected chi connectivity index (χ2v) is 11.9. The lowest BCUT2D eigenvalue weighted by molar-refractivity contribution is -0.105. The van der Waals surface area contributed by atoms with Crippen molar-refractivity contribution < 1.29 is 13.2 Å². The van der Waals surface area contributed by atoms with Crippen LogP contribution in [0.3, 0.4) is 0 Å². The van der Waals surface area contributed by atoms with Crippen LogP contribution in [0.25, 0.3) is 44.2 Å². The second kappa shape index (κ2) is 9.44. The minimum atomic E-state index is -3.68. The number of nitrogens with one attached hydrogen (secondary N) is 2. The third-order valence-electron chi connectivity index (χ3n) is 6.56. The minimum absolute atomic E-state index is 0.292. The molecule has 7 nitrogen and oxygen atoms in total. The molecule has 3 aromatic heterocycles. The Hall–Kier alpha value is -4.47. The van der Waals surface area contributed by atoms with Crippen LogP contribution >= 0.6 is 11.3 Å². The first-order valence-corrected chi connectivity index (χ1v) is 14.1. The highest BCUT2D eigenvalue weighted by molar-refractivity contribution is 7.94. The highest BCUT2D eigenvalue weighted by Crippen LogP contribution is 2.41. The predicted octanol–water partition coefficient (Wildman–Crippen LogP) is 6.51. The van der Waals surface area contributed by atoms with E-state index in [9.17, 15) is 13.2 Å². The molecule has 0 aliphatic rings. The molecule has 0 atom stereocenters. The molecular weight excluding hydrogens is 516 g/mol. The third kappa shape index (κ3) is 4.02. The molecule has 0 fully saturated rings. The standard InChI is InChI=1S/C29H22N4O3S2/c1-33(38(35,36)26-8-5-15-37-26)22-13-14-25-23(16-22)28-27(20-6-3-2-4-7-20)24(17-30-29(28)32-25)19-9-11-21(12-10-19)31-18-34/h2-18H,1H3,(H,30,32)(H,31,34). The van der Waals surface area contributed by atoms with Gasteiger partial charge in [0.05, 0.1) is 5.69 Å². The van der Waals surface area contributed by atoms with Gasteiger partial charge in [0.25, 0.3) is 10.0 Å². The number of amides is 1. The largest absolute Gasteiger partial charge is 0.339 e. The Morgan fingerprint density at radius 1 is 0.947 bits per heavy atom. The number of rotatable bonds is 7. The lowest BCUT2D eigenvalue weighted by atomic mass is 9.92. The first-order chi connectivity index (χ1) is 18.5. The van der Waals surface area contributed by atoms with E-state index in [2.05, 4.69) is 22.4 Å². The number of hydrogen-bond acceptors (Lipinski definition) is 5. The highest BCUT2D eigenvalue weighted by atomic mass is 32.2. The Kier molecular flexibility index (Phi) is 5.94. The normalized spacial score (nSPS) is 11.6. The fourth-order valence-corrected chi connectivity index (χ4v) is 7.01. The zero-order chi connectivity index (χ0) is 26.3. The summed E-state index contributed by atoms with van der Waals surface area (Å²) in [5, 5.41) is 6.20. The van der Waals surface area contributed by atoms with E-state index in [1.165, 1.54) is 15.6 Å². The smallest absolute Gasteiger partial charge is 0.273 e. The highest BCUT2D eigenvalue weighted by Gasteiger charge is 2.24. The number of sulfonamides is 1. The molecular formula is C29H22N4O3S2. The van der Waals surface area contributed by atoms with Gasteiger partial charge in [-0.3, -0.25) is 9.10 Å². The SMILES string of the molecule is CN(c1ccc2[nH]c3ncc(-c4ccc(NC=O)cc4)c(-c4ccccc4)c3c2c1)S(=O)(=O)c1cccs1. The van der Waals surface area contributed by atoms with Gasteiger partial charge in [-0.25, -0.2) is 13.4 Å². The maximum absolute atomic E-state index is 13.2. The van der Waals surface area contributed by atoms with E-state index in [-0.39, 0.29) is 0 Å². The Morgan fingerprint density at radius 2 is 1.74 bits per heavy atom. The summed E-state index contributed by atoms with van der Waals surface area (Å²) < 4.78 is 28.1. The van der Waals surface area contributed by atoms with Gasteiger partial charge < -0.3 is 10.3 Å². The van der Waals surface area contributed by atoms with E-state index in [0.29, 0.717) is 27.6 Å². The van der Waals surface area contributed by atoms with Crippen LogP contribution < -0.4 is 9.62 Å². The van der Waals surface area contributed by atoms with E-state index in [1.807, 2.05) is 60.8 Å². The van der Waals surface area contributed by atoms with Crippen molar-refractivity contribution in [2.75, 3.05) is 16.7 Å². The predicted molar refractivity (Wildman–Crippen MR) is 154 cm³/mol. The molecule has 0 saturated heterocycles. The summed E-state index contributed by atoms with van der Waals surface area (Å²) >= 11 is 1.19. The van der Waals surface area contributed by atoms with Crippen molar-refractivity contribution in [2.24, 2.45) is 0 Å². The molecule has 0 bridgehead atoms. The molecule has 0 unspecified atom stereocenters. The first kappa shape index (κ1) is 23.9. The van der Waals surface area contributed by atoms with Crippen LogP contribution in [0.2, 0.25) is 0 Å². The van der Waals surface area contributed by atoms with E-state index in [4.69, 9.17) is 4.98 Å². The van der Waals surface area contributed by atoms with Crippen LogP contribution in [0.4, 0.5) is 11.4 Å². The van der Waals surface area contributed by atoms with Crippen molar-refractivity contribution in [3.8, 4) is 22.3 Å². The number of aromatic amines is 1. The summed E-state index contributed by atoms with van der Waals surface area (Å²) in [6, 6.07) is 26.6. The molecule has 0 aliphatic carbocycles. The second-order valence-electron chi connectivity index (χ2n) is 8.74. The van der Waals surface area contributed by atoms with E-state index >= 15 is 0 Å². The van der Waals surface area contributed by atoms with Crippen LogP contribution in [0.1, 0.15) is 0 Å². The number of anilines is 2. The number of H-pyrrole nitrogens is 1. The van der Waals surface area contributed by atoms with Crippen LogP contribution in [0.15, 0.2) is 101 Å². The average Bonchev–Trinajstić information content (AvgIpc) is 3.62. The molecule has 2 N–H and O–H groups in total. The number of benzene rings is 3. The van der Waals surface area contributed by atoms with Crippen LogP contribution in [-0.4, -0.2) is 31.8 Å². The molecule has 1 amide bonds. The molecule has 6 aromatic rings. The maximum atomic E-state index is 13.2. The monoisotopic (exact) mass is 538 g/mol. The number of thiophene rings is 1. The minimum Gasteiger partial charge on any atom is -0.339 e. The number of carbonyl (C=O) groups excluding carboxylic acids is 1. The van der Waals surface area contributed by atoms with E-state index < -0.39 is 10.0 Å². The number of carbonyl (C=O) groups is 1. The molecule has 3 heterocycles. The van der Waals surface area contributed by atoms with Gasteiger partial charge in [0.15, 0.2) is 0 Å². The van der Waals surface area contributed by atoms with E-state index in [1.54, 1.807) is 30.6 Å². The molecule has 0 saturated carbocycles. The maximum Gasteiger partial charge on any atom is 0.273 e. The topological polar surface area (TPSA) is 95.2 Å². The lowest BCUT2D eigenvalue weighted by Gasteiger charge is -2.18. The van der Waals surface area contributed by atoms with Crippen molar-refractivity contribution in [3.05, 3.63) is 96.5 Å². The Balaban J connectivity index is 1.59.